The van der Waals surface area contributed by atoms with E-state index in [0.29, 0.717) is 41.4 Å². The van der Waals surface area contributed by atoms with Crippen LogP contribution in [-0.4, -0.2) is 13.2 Å². The lowest BCUT2D eigenvalue weighted by Gasteiger charge is -2.12. The number of halogens is 3. The molecule has 4 aromatic carbocycles. The zero-order valence-electron chi connectivity index (χ0n) is 22.3. The van der Waals surface area contributed by atoms with E-state index in [1.54, 1.807) is 72.8 Å². The van der Waals surface area contributed by atoms with E-state index in [4.69, 9.17) is 14.2 Å². The average molecular weight is 535 g/mol. The normalized spacial score (nSPS) is 10.9. The van der Waals surface area contributed by atoms with Crippen LogP contribution in [0.15, 0.2) is 78.9 Å². The van der Waals surface area contributed by atoms with Gasteiger partial charge in [-0.2, -0.15) is 0 Å². The molecule has 0 bridgehead atoms. The molecule has 0 saturated carbocycles. The van der Waals surface area contributed by atoms with E-state index in [1.807, 2.05) is 6.92 Å². The number of rotatable bonds is 13. The molecule has 0 N–H and O–H groups in total. The van der Waals surface area contributed by atoms with Crippen LogP contribution in [0.1, 0.15) is 45.1 Å². The standard InChI is InChI=1S/C33H33F3O3/c1-3-5-19-37-26-12-8-24(9-13-26)28-16-17-29(33(36)32(28)35)25-10-14-27(15-11-25)39-22-23-7-18-31(30(34)21-23)38-20-6-4-2/h7-18,21H,3-6,19-20,22H2,1-2H3. The summed E-state index contributed by atoms with van der Waals surface area (Å²) in [6.07, 6.45) is 3.84. The van der Waals surface area contributed by atoms with Crippen LogP contribution in [0.25, 0.3) is 22.3 Å². The molecule has 4 aromatic rings. The molecular formula is C33H33F3O3. The van der Waals surface area contributed by atoms with E-state index in [2.05, 4.69) is 6.92 Å². The first-order valence-corrected chi connectivity index (χ1v) is 13.4. The number of ether oxygens (including phenoxy) is 3. The fourth-order valence-corrected chi connectivity index (χ4v) is 4.04. The van der Waals surface area contributed by atoms with Gasteiger partial charge in [-0.25, -0.2) is 13.2 Å². The smallest absolute Gasteiger partial charge is 0.167 e. The molecular weight excluding hydrogens is 501 g/mol. The Morgan fingerprint density at radius 3 is 1.59 bits per heavy atom. The first kappa shape index (κ1) is 28.1. The second-order valence-electron chi connectivity index (χ2n) is 9.29. The number of hydrogen-bond donors (Lipinski definition) is 0. The van der Waals surface area contributed by atoms with Gasteiger partial charge in [0.05, 0.1) is 13.2 Å². The van der Waals surface area contributed by atoms with Gasteiger partial charge in [0.1, 0.15) is 18.1 Å². The molecule has 0 aromatic heterocycles. The molecule has 6 heteroatoms. The van der Waals surface area contributed by atoms with Gasteiger partial charge in [0.15, 0.2) is 23.2 Å². The maximum Gasteiger partial charge on any atom is 0.167 e. The van der Waals surface area contributed by atoms with Crippen LogP contribution in [0.3, 0.4) is 0 Å². The maximum atomic E-state index is 15.1. The number of benzene rings is 4. The third-order valence-corrected chi connectivity index (χ3v) is 6.34. The summed E-state index contributed by atoms with van der Waals surface area (Å²) in [7, 11) is 0. The number of hydrogen-bond acceptors (Lipinski definition) is 3. The van der Waals surface area contributed by atoms with Crippen molar-refractivity contribution < 1.29 is 27.4 Å². The summed E-state index contributed by atoms with van der Waals surface area (Å²) in [5.74, 6) is -0.797. The molecule has 0 amide bonds. The molecule has 204 valence electrons. The van der Waals surface area contributed by atoms with Crippen molar-refractivity contribution in [2.24, 2.45) is 0 Å². The van der Waals surface area contributed by atoms with Gasteiger partial charge >= 0.3 is 0 Å². The molecule has 0 aliphatic carbocycles. The summed E-state index contributed by atoms with van der Waals surface area (Å²) in [6, 6.07) is 21.6. The minimum atomic E-state index is -0.916. The van der Waals surface area contributed by atoms with Crippen LogP contribution in [0.5, 0.6) is 17.2 Å². The van der Waals surface area contributed by atoms with Crippen molar-refractivity contribution in [1.29, 1.82) is 0 Å². The Kier molecular flexibility index (Phi) is 9.90. The fourth-order valence-electron chi connectivity index (χ4n) is 4.04. The Hall–Kier alpha value is -3.93. The SMILES string of the molecule is CCCCOc1ccc(-c2ccc(-c3ccc(OCc4ccc(OCCCC)c(F)c4)cc3)c(F)c2F)cc1. The highest BCUT2D eigenvalue weighted by Crippen LogP contribution is 2.33. The zero-order chi connectivity index (χ0) is 27.6. The summed E-state index contributed by atoms with van der Waals surface area (Å²) < 4.78 is 61.3. The minimum Gasteiger partial charge on any atom is -0.494 e. The molecule has 0 radical (unpaired) electrons. The summed E-state index contributed by atoms with van der Waals surface area (Å²) in [4.78, 5) is 0. The second kappa shape index (κ2) is 13.7. The largest absolute Gasteiger partial charge is 0.494 e. The van der Waals surface area contributed by atoms with Gasteiger partial charge in [0.2, 0.25) is 0 Å². The highest BCUT2D eigenvalue weighted by molar-refractivity contribution is 5.72. The molecule has 0 atom stereocenters. The van der Waals surface area contributed by atoms with Gasteiger partial charge in [0.25, 0.3) is 0 Å². The van der Waals surface area contributed by atoms with Crippen molar-refractivity contribution in [3.05, 3.63) is 102 Å². The minimum absolute atomic E-state index is 0.156. The van der Waals surface area contributed by atoms with Crippen LogP contribution >= 0.6 is 0 Å². The van der Waals surface area contributed by atoms with E-state index >= 15 is 8.78 Å². The van der Waals surface area contributed by atoms with Crippen LogP contribution in [-0.2, 0) is 6.61 Å². The Labute approximate surface area is 228 Å². The lowest BCUT2D eigenvalue weighted by molar-refractivity contribution is 0.290. The molecule has 0 aliphatic rings. The van der Waals surface area contributed by atoms with Gasteiger partial charge in [0, 0.05) is 11.1 Å². The van der Waals surface area contributed by atoms with Crippen molar-refractivity contribution in [3.63, 3.8) is 0 Å². The van der Waals surface area contributed by atoms with Gasteiger partial charge in [-0.1, -0.05) is 69.2 Å². The molecule has 0 unspecified atom stereocenters. The molecule has 0 spiro atoms. The van der Waals surface area contributed by atoms with E-state index < -0.39 is 17.5 Å². The summed E-state index contributed by atoms with van der Waals surface area (Å²) in [5.41, 5.74) is 2.09. The molecule has 39 heavy (non-hydrogen) atoms. The molecule has 0 heterocycles. The molecule has 3 nitrogen and oxygen atoms in total. The van der Waals surface area contributed by atoms with Gasteiger partial charge in [-0.3, -0.25) is 0 Å². The Morgan fingerprint density at radius 2 is 1.08 bits per heavy atom. The van der Waals surface area contributed by atoms with E-state index in [1.165, 1.54) is 6.07 Å². The lowest BCUT2D eigenvalue weighted by Crippen LogP contribution is -2.01. The number of unbranched alkanes of at least 4 members (excludes halogenated alkanes) is 2. The highest BCUT2D eigenvalue weighted by atomic mass is 19.2. The van der Waals surface area contributed by atoms with Crippen molar-refractivity contribution in [1.82, 2.24) is 0 Å². The molecule has 0 fully saturated rings. The molecule has 0 saturated heterocycles. The Morgan fingerprint density at radius 1 is 0.564 bits per heavy atom. The Bertz CT molecular complexity index is 1350. The topological polar surface area (TPSA) is 27.7 Å². The van der Waals surface area contributed by atoms with Gasteiger partial charge in [-0.15, -0.1) is 0 Å². The van der Waals surface area contributed by atoms with Crippen LogP contribution in [0.4, 0.5) is 13.2 Å². The van der Waals surface area contributed by atoms with Crippen molar-refractivity contribution in [2.45, 2.75) is 46.1 Å². The predicted molar refractivity (Wildman–Crippen MR) is 149 cm³/mol. The third-order valence-electron chi connectivity index (χ3n) is 6.34. The van der Waals surface area contributed by atoms with Gasteiger partial charge in [-0.05, 0) is 65.9 Å². The maximum absolute atomic E-state index is 15.1. The van der Waals surface area contributed by atoms with Gasteiger partial charge < -0.3 is 14.2 Å². The van der Waals surface area contributed by atoms with E-state index in [0.717, 1.165) is 25.7 Å². The molecule has 4 rings (SSSR count). The van der Waals surface area contributed by atoms with Crippen LogP contribution in [0, 0.1) is 17.5 Å². The fraction of sp³-hybridized carbons (Fsp3) is 0.273. The lowest BCUT2D eigenvalue weighted by atomic mass is 9.98. The first-order valence-electron chi connectivity index (χ1n) is 13.4. The van der Waals surface area contributed by atoms with Crippen molar-refractivity contribution in [2.75, 3.05) is 13.2 Å². The predicted octanol–water partition coefficient (Wildman–Crippen LogP) is 9.37. The Balaban J connectivity index is 1.40. The summed E-state index contributed by atoms with van der Waals surface area (Å²) in [6.45, 7) is 5.39. The first-order chi connectivity index (χ1) is 19.0. The molecule has 0 aliphatic heterocycles. The monoisotopic (exact) mass is 534 g/mol. The second-order valence-corrected chi connectivity index (χ2v) is 9.29. The summed E-state index contributed by atoms with van der Waals surface area (Å²) in [5, 5.41) is 0. The van der Waals surface area contributed by atoms with E-state index in [9.17, 15) is 4.39 Å². The third kappa shape index (κ3) is 7.34. The summed E-state index contributed by atoms with van der Waals surface area (Å²) >= 11 is 0. The van der Waals surface area contributed by atoms with Crippen LogP contribution in [0.2, 0.25) is 0 Å². The highest BCUT2D eigenvalue weighted by Gasteiger charge is 2.16. The van der Waals surface area contributed by atoms with Crippen molar-refractivity contribution in [3.8, 4) is 39.5 Å². The quantitative estimate of drug-likeness (QED) is 0.160. The van der Waals surface area contributed by atoms with Crippen LogP contribution < -0.4 is 14.2 Å². The van der Waals surface area contributed by atoms with E-state index in [-0.39, 0.29) is 23.5 Å². The zero-order valence-corrected chi connectivity index (χ0v) is 22.3. The van der Waals surface area contributed by atoms with Crippen molar-refractivity contribution >= 4 is 0 Å². The average Bonchev–Trinajstić information content (AvgIpc) is 2.95.